The van der Waals surface area contributed by atoms with E-state index in [0.717, 1.165) is 11.3 Å². The molecule has 0 aromatic heterocycles. The molecule has 3 atom stereocenters. The first kappa shape index (κ1) is 29.7. The van der Waals surface area contributed by atoms with Crippen molar-refractivity contribution >= 4 is 45.2 Å². The summed E-state index contributed by atoms with van der Waals surface area (Å²) >= 11 is 1.61. The molecule has 0 fully saturated rings. The molecule has 0 aliphatic heterocycles. The van der Waals surface area contributed by atoms with Crippen LogP contribution in [0.25, 0.3) is 0 Å². The first-order valence-electron chi connectivity index (χ1n) is 11.3. The van der Waals surface area contributed by atoms with Gasteiger partial charge >= 0.3 is 0 Å². The Morgan fingerprint density at radius 1 is 1.12 bits per heavy atom. The van der Waals surface area contributed by atoms with Crippen molar-refractivity contribution in [2.24, 2.45) is 22.4 Å². The normalized spacial score (nSPS) is 14.0. The third kappa shape index (κ3) is 10.7. The van der Waals surface area contributed by atoms with Crippen molar-refractivity contribution in [1.29, 1.82) is 0 Å². The van der Waals surface area contributed by atoms with E-state index >= 15 is 0 Å². The summed E-state index contributed by atoms with van der Waals surface area (Å²) < 4.78 is 26.3. The molecule has 0 aliphatic rings. The van der Waals surface area contributed by atoms with Gasteiger partial charge in [-0.3, -0.25) is 14.3 Å². The number of carbonyl (C=O) groups is 2. The van der Waals surface area contributed by atoms with E-state index in [1.54, 1.807) is 37.7 Å². The first-order valence-corrected chi connectivity index (χ1v) is 14.3. The van der Waals surface area contributed by atoms with Gasteiger partial charge in [-0.25, -0.2) is 13.4 Å². The van der Waals surface area contributed by atoms with Crippen LogP contribution in [0.15, 0.2) is 29.3 Å². The third-order valence-corrected chi connectivity index (χ3v) is 7.30. The number of nitrogens with two attached hydrogens (primary N) is 2. The van der Waals surface area contributed by atoms with E-state index in [1.807, 2.05) is 25.3 Å². The predicted molar refractivity (Wildman–Crippen MR) is 139 cm³/mol. The summed E-state index contributed by atoms with van der Waals surface area (Å²) in [5.74, 6) is -0.749. The maximum atomic E-state index is 13.1. The molecule has 0 radical (unpaired) electrons. The highest BCUT2D eigenvalue weighted by Crippen LogP contribution is 2.14. The van der Waals surface area contributed by atoms with Gasteiger partial charge in [-0.2, -0.15) is 11.8 Å². The van der Waals surface area contributed by atoms with Crippen LogP contribution < -0.4 is 26.8 Å². The number of carbonyl (C=O) groups excluding carboxylic acids is 2. The van der Waals surface area contributed by atoms with Crippen LogP contribution in [0.5, 0.6) is 0 Å². The van der Waals surface area contributed by atoms with Crippen molar-refractivity contribution in [2.75, 3.05) is 17.8 Å². The Morgan fingerprint density at radius 3 is 2.29 bits per heavy atom. The number of nitrogens with one attached hydrogen (secondary N) is 3. The van der Waals surface area contributed by atoms with Gasteiger partial charge in [-0.1, -0.05) is 39.3 Å². The quantitative estimate of drug-likeness (QED) is 0.172. The minimum atomic E-state index is -3.74. The Bertz CT molecular complexity index is 918. The zero-order chi connectivity index (χ0) is 25.7. The van der Waals surface area contributed by atoms with E-state index in [0.29, 0.717) is 31.5 Å². The molecule has 0 bridgehead atoms. The topological polar surface area (TPSA) is 169 Å². The predicted octanol–water partition coefficient (Wildman–Crippen LogP) is 1.19. The van der Waals surface area contributed by atoms with Gasteiger partial charge in [0.25, 0.3) is 5.91 Å². The molecule has 0 spiro atoms. The van der Waals surface area contributed by atoms with Gasteiger partial charge in [0.05, 0.1) is 17.5 Å². The van der Waals surface area contributed by atoms with Crippen LogP contribution in [0, 0.1) is 5.92 Å². The summed E-state index contributed by atoms with van der Waals surface area (Å²) in [4.78, 5) is 29.8. The molecule has 10 nitrogen and oxygen atoms in total. The fourth-order valence-electron chi connectivity index (χ4n) is 3.13. The van der Waals surface area contributed by atoms with Crippen molar-refractivity contribution in [3.63, 3.8) is 0 Å². The molecule has 0 unspecified atom stereocenters. The summed E-state index contributed by atoms with van der Waals surface area (Å²) in [6.45, 7) is 5.82. The Hall–Kier alpha value is -2.31. The number of rotatable bonds is 15. The number of thioether (sulfide) groups is 1. The van der Waals surface area contributed by atoms with Crippen LogP contribution in [-0.4, -0.2) is 56.0 Å². The van der Waals surface area contributed by atoms with Crippen LogP contribution in [0.1, 0.15) is 45.6 Å². The number of sulfonamides is 1. The van der Waals surface area contributed by atoms with Gasteiger partial charge in [0.1, 0.15) is 6.04 Å². The Kier molecular flexibility index (Phi) is 13.0. The van der Waals surface area contributed by atoms with E-state index in [2.05, 4.69) is 20.3 Å². The second-order valence-electron chi connectivity index (χ2n) is 8.08. The smallest absolute Gasteiger partial charge is 0.256 e. The van der Waals surface area contributed by atoms with Gasteiger partial charge in [-0.05, 0) is 48.5 Å². The van der Waals surface area contributed by atoms with E-state index in [4.69, 9.17) is 11.5 Å². The van der Waals surface area contributed by atoms with Gasteiger partial charge in [0.2, 0.25) is 15.9 Å². The lowest BCUT2D eigenvalue weighted by Gasteiger charge is -2.26. The molecule has 0 saturated carbocycles. The zero-order valence-electron chi connectivity index (χ0n) is 20.3. The largest absolute Gasteiger partial charge is 0.370 e. The molecule has 7 N–H and O–H groups in total. The van der Waals surface area contributed by atoms with Crippen LogP contribution in [0.3, 0.4) is 0 Å². The van der Waals surface area contributed by atoms with Gasteiger partial charge in [0.15, 0.2) is 5.96 Å². The number of hydrogen-bond donors (Lipinski definition) is 5. The highest BCUT2D eigenvalue weighted by Gasteiger charge is 2.30. The molecular formula is C22H38N6O4S2. The number of amides is 2. The minimum Gasteiger partial charge on any atom is -0.370 e. The molecule has 1 rings (SSSR count). The van der Waals surface area contributed by atoms with E-state index < -0.39 is 28.0 Å². The minimum absolute atomic E-state index is 0.0259. The maximum Gasteiger partial charge on any atom is 0.256 e. The summed E-state index contributed by atoms with van der Waals surface area (Å²) in [6.07, 6.45) is 3.47. The molecule has 12 heteroatoms. The Balaban J connectivity index is 2.92. The van der Waals surface area contributed by atoms with Crippen molar-refractivity contribution in [3.8, 4) is 0 Å². The highest BCUT2D eigenvalue weighted by molar-refractivity contribution is 7.98. The molecule has 2 amide bonds. The van der Waals surface area contributed by atoms with Crippen LogP contribution in [-0.2, 0) is 26.2 Å². The van der Waals surface area contributed by atoms with Gasteiger partial charge in [0, 0.05) is 6.54 Å². The fraction of sp³-hybridized carbons (Fsp3) is 0.591. The second-order valence-corrected chi connectivity index (χ2v) is 10.9. The molecule has 1 aromatic rings. The summed E-state index contributed by atoms with van der Waals surface area (Å²) in [5, 5.41) is 6.02. The lowest BCUT2D eigenvalue weighted by Crippen LogP contribution is -2.56. The summed E-state index contributed by atoms with van der Waals surface area (Å²) in [7, 11) is -3.74. The summed E-state index contributed by atoms with van der Waals surface area (Å²) in [6, 6.07) is 5.73. The third-order valence-electron chi connectivity index (χ3n) is 5.20. The molecule has 0 saturated heterocycles. The lowest BCUT2D eigenvalue weighted by atomic mass is 9.98. The maximum absolute atomic E-state index is 13.1. The average Bonchev–Trinajstić information content (AvgIpc) is 2.77. The van der Waals surface area contributed by atoms with Crippen LogP contribution in [0.2, 0.25) is 0 Å². The molecule has 0 heterocycles. The van der Waals surface area contributed by atoms with Crippen molar-refractivity contribution in [1.82, 2.24) is 15.4 Å². The van der Waals surface area contributed by atoms with Gasteiger partial charge in [-0.15, -0.1) is 0 Å². The van der Waals surface area contributed by atoms with Crippen LogP contribution in [0.4, 0.5) is 5.69 Å². The number of hydrogen-bond acceptors (Lipinski definition) is 7. The van der Waals surface area contributed by atoms with Crippen molar-refractivity contribution in [3.05, 3.63) is 29.8 Å². The second kappa shape index (κ2) is 14.8. The van der Waals surface area contributed by atoms with Crippen molar-refractivity contribution < 1.29 is 18.0 Å². The summed E-state index contributed by atoms with van der Waals surface area (Å²) in [5.41, 5.74) is 12.3. The zero-order valence-corrected chi connectivity index (χ0v) is 22.0. The Morgan fingerprint density at radius 2 is 1.76 bits per heavy atom. The van der Waals surface area contributed by atoms with E-state index in [-0.39, 0.29) is 23.5 Å². The van der Waals surface area contributed by atoms with Crippen molar-refractivity contribution in [2.45, 2.75) is 58.7 Å². The molecule has 34 heavy (non-hydrogen) atoms. The Labute approximate surface area is 207 Å². The van der Waals surface area contributed by atoms with Crippen LogP contribution >= 0.6 is 11.8 Å². The number of guanidine groups is 1. The molecular weight excluding hydrogens is 476 g/mol. The first-order chi connectivity index (χ1) is 16.0. The van der Waals surface area contributed by atoms with E-state index in [1.165, 1.54) is 0 Å². The average molecular weight is 515 g/mol. The molecule has 192 valence electrons. The molecule has 1 aromatic carbocycles. The standard InChI is InChI=1S/C22H38N6O4S2/c1-5-13-34(31,32)28-21(30)19(15(3)6-2)27-20(29)18(11-12-33-4)25-14-16-7-9-17(10-8-16)26-22(23)24/h7-10,15,18-19,25H,5-6,11-14H2,1-4H3,(H,27,29)(H,28,30)(H4,23,24,26)/t15-,18+,19-/m1/s1. The lowest BCUT2D eigenvalue weighted by molar-refractivity contribution is -0.130. The number of aliphatic imine (C=N–C) groups is 1. The molecule has 0 aliphatic carbocycles. The fourth-order valence-corrected chi connectivity index (χ4v) is 4.68. The highest BCUT2D eigenvalue weighted by atomic mass is 32.2. The number of nitrogens with zero attached hydrogens (tertiary/aromatic N) is 1. The SMILES string of the molecule is CCCS(=O)(=O)NC(=O)[C@H](NC(=O)[C@H](CCSC)NCc1ccc(N=C(N)N)cc1)[C@H](C)CC. The number of benzene rings is 1. The van der Waals surface area contributed by atoms with Gasteiger partial charge < -0.3 is 22.1 Å². The monoisotopic (exact) mass is 514 g/mol. The van der Waals surface area contributed by atoms with E-state index in [9.17, 15) is 18.0 Å².